The number of primary amides is 1. The third-order valence-corrected chi connectivity index (χ3v) is 2.36. The summed E-state index contributed by atoms with van der Waals surface area (Å²) in [5.41, 5.74) is 6.61. The smallest absolute Gasteiger partial charge is 0.269 e. The van der Waals surface area contributed by atoms with Crippen molar-refractivity contribution in [2.24, 2.45) is 10.7 Å². The average Bonchev–Trinajstić information content (AvgIpc) is 2.61. The SMILES string of the molecule is Cl.NC(=O)C1=Nc2cccc3cnnc1c23. The van der Waals surface area contributed by atoms with Crippen molar-refractivity contribution < 1.29 is 4.79 Å². The van der Waals surface area contributed by atoms with Crippen molar-refractivity contribution in [1.82, 2.24) is 10.2 Å². The number of nitrogens with two attached hydrogens (primary N) is 1. The van der Waals surface area contributed by atoms with E-state index >= 15 is 0 Å². The quantitative estimate of drug-likeness (QED) is 0.798. The number of halogens is 1. The van der Waals surface area contributed by atoms with E-state index in [1.165, 1.54) is 0 Å². The molecule has 5 nitrogen and oxygen atoms in total. The molecule has 1 aromatic heterocycles. The summed E-state index contributed by atoms with van der Waals surface area (Å²) in [5, 5.41) is 9.47. The molecule has 1 aromatic carbocycles. The van der Waals surface area contributed by atoms with E-state index in [-0.39, 0.29) is 18.1 Å². The molecule has 3 rings (SSSR count). The van der Waals surface area contributed by atoms with Gasteiger partial charge >= 0.3 is 0 Å². The first kappa shape index (κ1) is 10.5. The molecule has 1 amide bonds. The Hall–Kier alpha value is -2.01. The van der Waals surface area contributed by atoms with Crippen LogP contribution in [0.15, 0.2) is 29.4 Å². The molecule has 0 saturated heterocycles. The molecule has 0 unspecified atom stereocenters. The van der Waals surface area contributed by atoms with Gasteiger partial charge in [0.05, 0.1) is 11.9 Å². The molecule has 2 N–H and O–H groups in total. The molecule has 1 aliphatic heterocycles. The summed E-state index contributed by atoms with van der Waals surface area (Å²) in [4.78, 5) is 15.3. The Morgan fingerprint density at radius 1 is 1.31 bits per heavy atom. The van der Waals surface area contributed by atoms with Crippen LogP contribution in [0.25, 0.3) is 10.8 Å². The first-order chi connectivity index (χ1) is 7.27. The number of hydrogen-bond acceptors (Lipinski definition) is 4. The van der Waals surface area contributed by atoms with Gasteiger partial charge in [-0.1, -0.05) is 12.1 Å². The van der Waals surface area contributed by atoms with Crippen LogP contribution in [0.3, 0.4) is 0 Å². The normalized spacial score (nSPS) is 12.1. The average molecular weight is 235 g/mol. The van der Waals surface area contributed by atoms with Crippen molar-refractivity contribution in [1.29, 1.82) is 0 Å². The molecule has 2 heterocycles. The largest absolute Gasteiger partial charge is 0.364 e. The van der Waals surface area contributed by atoms with E-state index in [1.807, 2.05) is 18.2 Å². The van der Waals surface area contributed by atoms with Crippen LogP contribution in [-0.2, 0) is 4.79 Å². The number of hydrogen-bond donors (Lipinski definition) is 1. The third kappa shape index (κ3) is 1.25. The molecule has 0 bridgehead atoms. The Morgan fingerprint density at radius 2 is 2.12 bits per heavy atom. The van der Waals surface area contributed by atoms with Crippen LogP contribution in [0.1, 0.15) is 5.69 Å². The molecule has 16 heavy (non-hydrogen) atoms. The van der Waals surface area contributed by atoms with Crippen molar-refractivity contribution >= 4 is 40.5 Å². The lowest BCUT2D eigenvalue weighted by Gasteiger charge is -1.97. The van der Waals surface area contributed by atoms with E-state index in [4.69, 9.17) is 5.73 Å². The molecule has 6 heteroatoms. The zero-order valence-electron chi connectivity index (χ0n) is 8.04. The van der Waals surface area contributed by atoms with Gasteiger partial charge in [0.15, 0.2) is 5.71 Å². The first-order valence-corrected chi connectivity index (χ1v) is 4.40. The molecule has 2 aromatic rings. The number of aromatic nitrogens is 2. The zero-order valence-corrected chi connectivity index (χ0v) is 8.86. The molecule has 1 aliphatic rings. The molecule has 0 spiro atoms. The van der Waals surface area contributed by atoms with Gasteiger partial charge in [-0.2, -0.15) is 5.10 Å². The highest BCUT2D eigenvalue weighted by Gasteiger charge is 2.23. The van der Waals surface area contributed by atoms with E-state index in [0.717, 1.165) is 16.5 Å². The summed E-state index contributed by atoms with van der Waals surface area (Å²) in [6, 6.07) is 5.58. The van der Waals surface area contributed by atoms with E-state index < -0.39 is 5.91 Å². The summed E-state index contributed by atoms with van der Waals surface area (Å²) in [7, 11) is 0. The minimum atomic E-state index is -0.576. The first-order valence-electron chi connectivity index (χ1n) is 4.40. The highest BCUT2D eigenvalue weighted by atomic mass is 35.5. The third-order valence-electron chi connectivity index (χ3n) is 2.36. The van der Waals surface area contributed by atoms with Crippen LogP contribution in [0.4, 0.5) is 5.69 Å². The predicted molar refractivity (Wildman–Crippen MR) is 62.2 cm³/mol. The van der Waals surface area contributed by atoms with Crippen molar-refractivity contribution in [3.05, 3.63) is 30.1 Å². The fourth-order valence-electron chi connectivity index (χ4n) is 1.73. The lowest BCUT2D eigenvalue weighted by atomic mass is 10.1. The van der Waals surface area contributed by atoms with Gasteiger partial charge in [-0.05, 0) is 6.07 Å². The number of amides is 1. The van der Waals surface area contributed by atoms with Crippen molar-refractivity contribution in [3.8, 4) is 0 Å². The summed E-state index contributed by atoms with van der Waals surface area (Å²) >= 11 is 0. The highest BCUT2D eigenvalue weighted by molar-refractivity contribution is 6.48. The second-order valence-electron chi connectivity index (χ2n) is 3.26. The summed E-state index contributed by atoms with van der Waals surface area (Å²) in [6.07, 6.45) is 1.64. The summed E-state index contributed by atoms with van der Waals surface area (Å²) < 4.78 is 0. The van der Waals surface area contributed by atoms with Gasteiger partial charge in [-0.15, -0.1) is 17.5 Å². The lowest BCUT2D eigenvalue weighted by molar-refractivity contribution is -0.111. The molecule has 80 valence electrons. The van der Waals surface area contributed by atoms with Gasteiger partial charge in [0.25, 0.3) is 5.91 Å². The maximum Gasteiger partial charge on any atom is 0.269 e. The van der Waals surface area contributed by atoms with Crippen LogP contribution in [0.2, 0.25) is 0 Å². The number of rotatable bonds is 1. The zero-order chi connectivity index (χ0) is 10.4. The number of aliphatic imine (C=N–C) groups is 1. The maximum absolute atomic E-state index is 11.1. The Labute approximate surface area is 96.8 Å². The van der Waals surface area contributed by atoms with Crippen molar-refractivity contribution in [3.63, 3.8) is 0 Å². The van der Waals surface area contributed by atoms with E-state index in [1.54, 1.807) is 6.20 Å². The van der Waals surface area contributed by atoms with E-state index in [2.05, 4.69) is 15.2 Å². The standard InChI is InChI=1S/C10H6N4O.ClH/c11-10(15)9-8-7-5(4-12-14-8)2-1-3-6(7)13-9;/h1-4H,(H2,11,15);1H. The molecule has 0 saturated carbocycles. The van der Waals surface area contributed by atoms with Gasteiger partial charge in [0.1, 0.15) is 5.69 Å². The maximum atomic E-state index is 11.1. The monoisotopic (exact) mass is 234 g/mol. The van der Waals surface area contributed by atoms with Gasteiger partial charge in [-0.3, -0.25) is 4.79 Å². The number of carbonyl (C=O) groups is 1. The fraction of sp³-hybridized carbons (Fsp3) is 0. The van der Waals surface area contributed by atoms with Crippen molar-refractivity contribution in [2.75, 3.05) is 0 Å². The summed E-state index contributed by atoms with van der Waals surface area (Å²) in [6.45, 7) is 0. The van der Waals surface area contributed by atoms with Gasteiger partial charge < -0.3 is 5.73 Å². The molecular weight excluding hydrogens is 228 g/mol. The predicted octanol–water partition coefficient (Wildman–Crippen LogP) is 0.971. The molecule has 0 atom stereocenters. The number of carbonyl (C=O) groups excluding carboxylic acids is 1. The summed E-state index contributed by atoms with van der Waals surface area (Å²) in [5.74, 6) is -0.576. The van der Waals surface area contributed by atoms with Gasteiger partial charge in [0, 0.05) is 10.8 Å². The molecule has 0 fully saturated rings. The van der Waals surface area contributed by atoms with E-state index in [0.29, 0.717) is 5.69 Å². The Bertz CT molecular complexity index is 618. The minimum Gasteiger partial charge on any atom is -0.364 e. The highest BCUT2D eigenvalue weighted by Crippen LogP contribution is 2.33. The lowest BCUT2D eigenvalue weighted by Crippen LogP contribution is -2.23. The van der Waals surface area contributed by atoms with Gasteiger partial charge in [-0.25, -0.2) is 4.99 Å². The molecular formula is C10H7ClN4O. The number of nitrogens with zero attached hydrogens (tertiary/aromatic N) is 3. The molecule has 0 radical (unpaired) electrons. The Kier molecular flexibility index (Phi) is 2.32. The number of benzene rings is 1. The van der Waals surface area contributed by atoms with E-state index in [9.17, 15) is 4.79 Å². The Morgan fingerprint density at radius 3 is 2.88 bits per heavy atom. The molecule has 0 aliphatic carbocycles. The topological polar surface area (TPSA) is 81.2 Å². The van der Waals surface area contributed by atoms with Crippen LogP contribution in [0.5, 0.6) is 0 Å². The second-order valence-corrected chi connectivity index (χ2v) is 3.26. The second kappa shape index (κ2) is 3.53. The fourth-order valence-corrected chi connectivity index (χ4v) is 1.73. The van der Waals surface area contributed by atoms with Crippen LogP contribution < -0.4 is 5.73 Å². The minimum absolute atomic E-state index is 0. The van der Waals surface area contributed by atoms with Crippen LogP contribution >= 0.6 is 12.4 Å². The van der Waals surface area contributed by atoms with Crippen LogP contribution in [0, 0.1) is 0 Å². The van der Waals surface area contributed by atoms with Crippen LogP contribution in [-0.4, -0.2) is 21.8 Å². The van der Waals surface area contributed by atoms with Crippen molar-refractivity contribution in [2.45, 2.75) is 0 Å². The van der Waals surface area contributed by atoms with Gasteiger partial charge in [0.2, 0.25) is 0 Å². The Balaban J connectivity index is 0.000000963.